The largest absolute Gasteiger partial charge is 0.478 e. The summed E-state index contributed by atoms with van der Waals surface area (Å²) < 4.78 is 0.713. The quantitative estimate of drug-likeness (QED) is 0.835. The highest BCUT2D eigenvalue weighted by Gasteiger charge is 2.26. The van der Waals surface area contributed by atoms with Gasteiger partial charge in [0.2, 0.25) is 0 Å². The summed E-state index contributed by atoms with van der Waals surface area (Å²) in [6.07, 6.45) is 0.871. The first kappa shape index (κ1) is 15.2. The maximum absolute atomic E-state index is 11.3. The molecule has 0 saturated carbocycles. The Labute approximate surface area is 121 Å². The Kier molecular flexibility index (Phi) is 4.92. The Bertz CT molecular complexity index is 476. The molecule has 98 valence electrons. The van der Waals surface area contributed by atoms with E-state index in [0.717, 1.165) is 0 Å². The van der Waals surface area contributed by atoms with Crippen molar-refractivity contribution in [2.45, 2.75) is 26.7 Å². The zero-order valence-electron chi connectivity index (χ0n) is 9.88. The Hall–Kier alpha value is -0.880. The number of hydrogen-bond acceptors (Lipinski definition) is 2. The molecular weight excluding hydrogens is 368 g/mol. The molecule has 0 bridgehead atoms. The van der Waals surface area contributed by atoms with Crippen molar-refractivity contribution in [1.82, 2.24) is 0 Å². The van der Waals surface area contributed by atoms with Crippen molar-refractivity contribution < 1.29 is 19.8 Å². The number of carboxylic acid groups (broad SMARTS) is 2. The Morgan fingerprint density at radius 1 is 0.889 bits per heavy atom. The molecule has 0 aliphatic carbocycles. The first-order valence-electron chi connectivity index (χ1n) is 5.35. The molecule has 0 fully saturated rings. The van der Waals surface area contributed by atoms with Gasteiger partial charge in [-0.05, 0) is 55.8 Å². The Balaban J connectivity index is 3.85. The second-order valence-corrected chi connectivity index (χ2v) is 5.24. The number of aromatic carboxylic acids is 2. The van der Waals surface area contributed by atoms with Crippen LogP contribution in [-0.4, -0.2) is 22.2 Å². The van der Waals surface area contributed by atoms with Crippen molar-refractivity contribution in [3.05, 3.63) is 31.2 Å². The fourth-order valence-corrected chi connectivity index (χ4v) is 3.67. The van der Waals surface area contributed by atoms with Gasteiger partial charge in [-0.25, -0.2) is 9.59 Å². The smallest absolute Gasteiger partial charge is 0.337 e. The van der Waals surface area contributed by atoms with Gasteiger partial charge < -0.3 is 10.2 Å². The topological polar surface area (TPSA) is 74.6 Å². The number of halogens is 2. The van der Waals surface area contributed by atoms with Gasteiger partial charge in [-0.3, -0.25) is 0 Å². The Morgan fingerprint density at radius 2 is 1.17 bits per heavy atom. The van der Waals surface area contributed by atoms with Crippen LogP contribution in [0.1, 0.15) is 45.7 Å². The van der Waals surface area contributed by atoms with Crippen LogP contribution in [0.15, 0.2) is 8.95 Å². The van der Waals surface area contributed by atoms with E-state index in [9.17, 15) is 19.8 Å². The van der Waals surface area contributed by atoms with Gasteiger partial charge in [0.25, 0.3) is 0 Å². The fourth-order valence-electron chi connectivity index (χ4n) is 1.90. The van der Waals surface area contributed by atoms with Crippen molar-refractivity contribution in [2.24, 2.45) is 0 Å². The number of hydrogen-bond donors (Lipinski definition) is 2. The minimum atomic E-state index is -1.06. The van der Waals surface area contributed by atoms with Gasteiger partial charge in [0, 0.05) is 8.95 Å². The molecule has 18 heavy (non-hydrogen) atoms. The van der Waals surface area contributed by atoms with E-state index >= 15 is 0 Å². The second-order valence-electron chi connectivity index (χ2n) is 3.65. The molecule has 0 radical (unpaired) electrons. The molecule has 0 unspecified atom stereocenters. The van der Waals surface area contributed by atoms with Crippen LogP contribution in [0.4, 0.5) is 0 Å². The first-order chi connectivity index (χ1) is 8.36. The molecule has 1 aromatic rings. The summed E-state index contributed by atoms with van der Waals surface area (Å²) >= 11 is 6.44. The molecule has 2 N–H and O–H groups in total. The van der Waals surface area contributed by atoms with Crippen LogP contribution in [0.2, 0.25) is 0 Å². The van der Waals surface area contributed by atoms with E-state index in [1.807, 2.05) is 0 Å². The summed E-state index contributed by atoms with van der Waals surface area (Å²) in [6.45, 7) is 3.58. The van der Waals surface area contributed by atoms with Crippen LogP contribution in [-0.2, 0) is 12.8 Å². The van der Waals surface area contributed by atoms with Gasteiger partial charge in [0.1, 0.15) is 0 Å². The predicted molar refractivity (Wildman–Crippen MR) is 74.5 cm³/mol. The third-order valence-electron chi connectivity index (χ3n) is 2.71. The summed E-state index contributed by atoms with van der Waals surface area (Å²) in [5.74, 6) is -2.13. The van der Waals surface area contributed by atoms with Gasteiger partial charge in [-0.15, -0.1) is 0 Å². The molecule has 0 aliphatic heterocycles. The predicted octanol–water partition coefficient (Wildman–Crippen LogP) is 3.73. The number of rotatable bonds is 4. The highest BCUT2D eigenvalue weighted by atomic mass is 79.9. The maximum Gasteiger partial charge on any atom is 0.337 e. The third-order valence-corrected chi connectivity index (χ3v) is 4.46. The van der Waals surface area contributed by atoms with Crippen LogP contribution in [0, 0.1) is 0 Å². The Morgan fingerprint density at radius 3 is 1.33 bits per heavy atom. The van der Waals surface area contributed by atoms with Crippen LogP contribution < -0.4 is 0 Å². The number of carbonyl (C=O) groups is 2. The van der Waals surface area contributed by atoms with Crippen molar-refractivity contribution in [2.75, 3.05) is 0 Å². The van der Waals surface area contributed by atoms with E-state index in [0.29, 0.717) is 32.9 Å². The van der Waals surface area contributed by atoms with Gasteiger partial charge in [-0.2, -0.15) is 0 Å². The lowest BCUT2D eigenvalue weighted by molar-refractivity contribution is 0.0677. The zero-order valence-corrected chi connectivity index (χ0v) is 13.1. The lowest BCUT2D eigenvalue weighted by Gasteiger charge is -2.16. The van der Waals surface area contributed by atoms with E-state index in [2.05, 4.69) is 31.9 Å². The van der Waals surface area contributed by atoms with Gasteiger partial charge >= 0.3 is 11.9 Å². The van der Waals surface area contributed by atoms with Crippen LogP contribution in [0.25, 0.3) is 0 Å². The molecule has 0 amide bonds. The summed E-state index contributed by atoms with van der Waals surface area (Å²) in [7, 11) is 0. The average Bonchev–Trinajstić information content (AvgIpc) is 2.29. The summed E-state index contributed by atoms with van der Waals surface area (Å²) in [5, 5.41) is 18.5. The minimum absolute atomic E-state index is 0.131. The summed E-state index contributed by atoms with van der Waals surface area (Å²) in [5.41, 5.74) is 1.24. The number of carboxylic acids is 2. The minimum Gasteiger partial charge on any atom is -0.478 e. The third kappa shape index (κ3) is 2.44. The van der Waals surface area contributed by atoms with Crippen molar-refractivity contribution >= 4 is 43.8 Å². The van der Waals surface area contributed by atoms with E-state index in [1.165, 1.54) is 0 Å². The summed E-state index contributed by atoms with van der Waals surface area (Å²) in [6, 6.07) is 0. The van der Waals surface area contributed by atoms with E-state index in [-0.39, 0.29) is 11.1 Å². The molecule has 0 atom stereocenters. The van der Waals surface area contributed by atoms with Crippen LogP contribution >= 0.6 is 31.9 Å². The van der Waals surface area contributed by atoms with Crippen molar-refractivity contribution in [3.63, 3.8) is 0 Å². The average molecular weight is 380 g/mol. The van der Waals surface area contributed by atoms with E-state index < -0.39 is 11.9 Å². The van der Waals surface area contributed by atoms with Crippen LogP contribution in [0.3, 0.4) is 0 Å². The highest BCUT2D eigenvalue weighted by molar-refractivity contribution is 9.11. The van der Waals surface area contributed by atoms with Crippen molar-refractivity contribution in [3.8, 4) is 0 Å². The molecule has 4 nitrogen and oxygen atoms in total. The molecule has 0 heterocycles. The van der Waals surface area contributed by atoms with Gasteiger partial charge in [-0.1, -0.05) is 13.8 Å². The molecule has 0 aliphatic rings. The molecule has 0 saturated heterocycles. The second kappa shape index (κ2) is 5.84. The lowest BCUT2D eigenvalue weighted by atomic mass is 9.95. The highest BCUT2D eigenvalue weighted by Crippen LogP contribution is 2.36. The van der Waals surface area contributed by atoms with Crippen molar-refractivity contribution in [1.29, 1.82) is 0 Å². The van der Waals surface area contributed by atoms with Crippen LogP contribution in [0.5, 0.6) is 0 Å². The molecule has 1 rings (SSSR count). The lowest BCUT2D eigenvalue weighted by Crippen LogP contribution is -2.13. The van der Waals surface area contributed by atoms with E-state index in [4.69, 9.17) is 0 Å². The summed E-state index contributed by atoms with van der Waals surface area (Å²) in [4.78, 5) is 22.6. The normalized spacial score (nSPS) is 10.4. The zero-order chi connectivity index (χ0) is 14.0. The molecule has 0 spiro atoms. The molecular formula is C12H12Br2O4. The maximum atomic E-state index is 11.3. The molecule has 6 heteroatoms. The standard InChI is InChI=1S/C12H12Br2O4/c1-3-5-7(11(15)16)10(14)6(4-2)8(9(5)13)12(17)18/h3-4H2,1-2H3,(H,15,16)(H,17,18). The van der Waals surface area contributed by atoms with Gasteiger partial charge in [0.05, 0.1) is 11.1 Å². The van der Waals surface area contributed by atoms with Gasteiger partial charge in [0.15, 0.2) is 0 Å². The first-order valence-corrected chi connectivity index (χ1v) is 6.94. The fraction of sp³-hybridized carbons (Fsp3) is 0.333. The SMILES string of the molecule is CCc1c(Br)c(C(=O)O)c(CC)c(Br)c1C(=O)O. The monoisotopic (exact) mass is 378 g/mol. The number of benzene rings is 1. The molecule has 0 aromatic heterocycles. The van der Waals surface area contributed by atoms with E-state index in [1.54, 1.807) is 13.8 Å². The molecule has 1 aromatic carbocycles.